The summed E-state index contributed by atoms with van der Waals surface area (Å²) in [6.07, 6.45) is 4.09. The van der Waals surface area contributed by atoms with Gasteiger partial charge in [0.1, 0.15) is 0 Å². The molecule has 1 aliphatic rings. The summed E-state index contributed by atoms with van der Waals surface area (Å²) in [5.74, 6) is -0.132. The Labute approximate surface area is 165 Å². The molecule has 1 saturated heterocycles. The van der Waals surface area contributed by atoms with E-state index >= 15 is 0 Å². The summed E-state index contributed by atoms with van der Waals surface area (Å²) >= 11 is 0. The second-order valence-electron chi connectivity index (χ2n) is 6.86. The van der Waals surface area contributed by atoms with E-state index in [4.69, 9.17) is 14.9 Å². The number of piperidine rings is 1. The number of anilines is 1. The molecular weight excluding hydrogens is 358 g/mol. The Bertz CT molecular complexity index is 783. The highest BCUT2D eigenvalue weighted by Gasteiger charge is 2.27. The first-order valence-electron chi connectivity index (χ1n) is 9.63. The predicted octanol–water partition coefficient (Wildman–Crippen LogP) is 2.53. The van der Waals surface area contributed by atoms with Gasteiger partial charge in [0.2, 0.25) is 0 Å². The zero-order chi connectivity index (χ0) is 19.9. The van der Waals surface area contributed by atoms with Crippen LogP contribution in [0.2, 0.25) is 0 Å². The van der Waals surface area contributed by atoms with E-state index in [2.05, 4.69) is 0 Å². The lowest BCUT2D eigenvalue weighted by Gasteiger charge is -2.33. The van der Waals surface area contributed by atoms with E-state index in [-0.39, 0.29) is 23.7 Å². The SMILES string of the molecule is CN(C(=O)c1ccco1)c1ccccc1C(=O)N1CCC(OCCCN)CC1. The number of furan rings is 1. The van der Waals surface area contributed by atoms with E-state index < -0.39 is 0 Å². The van der Waals surface area contributed by atoms with Crippen molar-refractivity contribution in [3.63, 3.8) is 0 Å². The van der Waals surface area contributed by atoms with Gasteiger partial charge in [0, 0.05) is 26.7 Å². The van der Waals surface area contributed by atoms with Crippen LogP contribution in [0.1, 0.15) is 40.2 Å². The molecule has 0 aliphatic carbocycles. The minimum Gasteiger partial charge on any atom is -0.459 e. The average molecular weight is 385 g/mol. The number of carbonyl (C=O) groups is 2. The molecule has 2 N–H and O–H groups in total. The van der Waals surface area contributed by atoms with Crippen molar-refractivity contribution >= 4 is 17.5 Å². The first-order valence-corrected chi connectivity index (χ1v) is 9.63. The number of amides is 2. The summed E-state index contributed by atoms with van der Waals surface area (Å²) in [6, 6.07) is 10.4. The highest BCUT2D eigenvalue weighted by molar-refractivity contribution is 6.09. The van der Waals surface area contributed by atoms with Crippen LogP contribution in [-0.4, -0.2) is 56.1 Å². The van der Waals surface area contributed by atoms with Crippen molar-refractivity contribution < 1.29 is 18.7 Å². The van der Waals surface area contributed by atoms with Crippen LogP contribution in [0.25, 0.3) is 0 Å². The Hall–Kier alpha value is -2.64. The first-order chi connectivity index (χ1) is 13.6. The van der Waals surface area contributed by atoms with E-state index in [1.165, 1.54) is 11.2 Å². The molecule has 0 spiro atoms. The third kappa shape index (κ3) is 4.61. The van der Waals surface area contributed by atoms with E-state index in [0.717, 1.165) is 19.3 Å². The predicted molar refractivity (Wildman–Crippen MR) is 106 cm³/mol. The lowest BCUT2D eigenvalue weighted by Crippen LogP contribution is -2.41. The Morgan fingerprint density at radius 2 is 1.96 bits per heavy atom. The summed E-state index contributed by atoms with van der Waals surface area (Å²) < 4.78 is 11.0. The van der Waals surface area contributed by atoms with Gasteiger partial charge in [-0.05, 0) is 50.1 Å². The number of benzene rings is 1. The van der Waals surface area contributed by atoms with Gasteiger partial charge in [-0.2, -0.15) is 0 Å². The fraction of sp³-hybridized carbons (Fsp3) is 0.429. The molecule has 0 atom stereocenters. The molecule has 2 amide bonds. The van der Waals surface area contributed by atoms with Gasteiger partial charge in [0.05, 0.1) is 23.6 Å². The lowest BCUT2D eigenvalue weighted by atomic mass is 10.0. The van der Waals surface area contributed by atoms with Gasteiger partial charge in [0.15, 0.2) is 5.76 Å². The summed E-state index contributed by atoms with van der Waals surface area (Å²) in [5.41, 5.74) is 6.57. The number of ether oxygens (including phenoxy) is 1. The number of hydrogen-bond acceptors (Lipinski definition) is 5. The fourth-order valence-corrected chi connectivity index (χ4v) is 3.35. The Morgan fingerprint density at radius 1 is 1.21 bits per heavy atom. The third-order valence-electron chi connectivity index (χ3n) is 4.96. The second kappa shape index (κ2) is 9.52. The minimum atomic E-state index is -0.294. The molecular formula is C21H27N3O4. The Kier molecular flexibility index (Phi) is 6.84. The minimum absolute atomic E-state index is 0.0740. The maximum atomic E-state index is 13.1. The van der Waals surface area contributed by atoms with Crippen molar-refractivity contribution in [2.75, 3.05) is 38.2 Å². The van der Waals surface area contributed by atoms with Crippen LogP contribution in [-0.2, 0) is 4.74 Å². The highest BCUT2D eigenvalue weighted by Crippen LogP contribution is 2.25. The summed E-state index contributed by atoms with van der Waals surface area (Å²) in [5, 5.41) is 0. The van der Waals surface area contributed by atoms with Crippen molar-refractivity contribution in [1.29, 1.82) is 0 Å². The molecule has 7 nitrogen and oxygen atoms in total. The number of likely N-dealkylation sites (tertiary alicyclic amines) is 1. The molecule has 3 rings (SSSR count). The molecule has 2 aromatic rings. The highest BCUT2D eigenvalue weighted by atomic mass is 16.5. The molecule has 1 aliphatic heterocycles. The van der Waals surface area contributed by atoms with Crippen molar-refractivity contribution in [3.8, 4) is 0 Å². The third-order valence-corrected chi connectivity index (χ3v) is 4.96. The molecule has 0 radical (unpaired) electrons. The number of rotatable bonds is 7. The number of nitrogens with two attached hydrogens (primary N) is 1. The average Bonchev–Trinajstić information content (AvgIpc) is 3.28. The first kappa shape index (κ1) is 20.1. The summed E-state index contributed by atoms with van der Waals surface area (Å²) in [7, 11) is 1.65. The van der Waals surface area contributed by atoms with E-state index in [9.17, 15) is 9.59 Å². The van der Waals surface area contributed by atoms with E-state index in [1.807, 2.05) is 17.0 Å². The van der Waals surface area contributed by atoms with Crippen molar-refractivity contribution in [2.45, 2.75) is 25.4 Å². The maximum absolute atomic E-state index is 13.1. The van der Waals surface area contributed by atoms with Crippen molar-refractivity contribution in [3.05, 3.63) is 54.0 Å². The van der Waals surface area contributed by atoms with Gasteiger partial charge in [-0.3, -0.25) is 9.59 Å². The second-order valence-corrected chi connectivity index (χ2v) is 6.86. The van der Waals surface area contributed by atoms with Crippen molar-refractivity contribution in [2.24, 2.45) is 5.73 Å². The Balaban J connectivity index is 1.67. The van der Waals surface area contributed by atoms with E-state index in [0.29, 0.717) is 37.5 Å². The molecule has 28 heavy (non-hydrogen) atoms. The van der Waals surface area contributed by atoms with E-state index in [1.54, 1.807) is 31.3 Å². The number of para-hydroxylation sites is 1. The van der Waals surface area contributed by atoms with Crippen LogP contribution in [0.15, 0.2) is 47.1 Å². The van der Waals surface area contributed by atoms with Crippen LogP contribution < -0.4 is 10.6 Å². The van der Waals surface area contributed by atoms with Crippen LogP contribution >= 0.6 is 0 Å². The lowest BCUT2D eigenvalue weighted by molar-refractivity contribution is 0.00847. The molecule has 2 heterocycles. The molecule has 150 valence electrons. The summed E-state index contributed by atoms with van der Waals surface area (Å²) in [4.78, 5) is 29.0. The molecule has 7 heteroatoms. The monoisotopic (exact) mass is 385 g/mol. The fourth-order valence-electron chi connectivity index (χ4n) is 3.35. The van der Waals surface area contributed by atoms with Crippen LogP contribution in [0.4, 0.5) is 5.69 Å². The van der Waals surface area contributed by atoms with Gasteiger partial charge >= 0.3 is 0 Å². The molecule has 1 aromatic carbocycles. The van der Waals surface area contributed by atoms with Gasteiger partial charge < -0.3 is 24.7 Å². The van der Waals surface area contributed by atoms with Crippen LogP contribution in [0, 0.1) is 0 Å². The van der Waals surface area contributed by atoms with Crippen LogP contribution in [0.3, 0.4) is 0 Å². The molecule has 0 bridgehead atoms. The zero-order valence-electron chi connectivity index (χ0n) is 16.2. The number of hydrogen-bond donors (Lipinski definition) is 1. The van der Waals surface area contributed by atoms with Crippen molar-refractivity contribution in [1.82, 2.24) is 4.90 Å². The normalized spacial score (nSPS) is 14.9. The maximum Gasteiger partial charge on any atom is 0.293 e. The number of carbonyl (C=O) groups excluding carboxylic acids is 2. The van der Waals surface area contributed by atoms with Gasteiger partial charge in [-0.1, -0.05) is 12.1 Å². The topological polar surface area (TPSA) is 89.0 Å². The quantitative estimate of drug-likeness (QED) is 0.740. The molecule has 1 aromatic heterocycles. The molecule has 1 fully saturated rings. The smallest absolute Gasteiger partial charge is 0.293 e. The van der Waals surface area contributed by atoms with Gasteiger partial charge in [-0.15, -0.1) is 0 Å². The molecule has 0 unspecified atom stereocenters. The van der Waals surface area contributed by atoms with Crippen LogP contribution in [0.5, 0.6) is 0 Å². The standard InChI is InChI=1S/C21H27N3O4/c1-23(21(26)19-8-4-14-28-19)18-7-3-2-6-17(18)20(25)24-12-9-16(10-13-24)27-15-5-11-22/h2-4,6-8,14,16H,5,9-13,15,22H2,1H3. The molecule has 0 saturated carbocycles. The van der Waals surface area contributed by atoms with Gasteiger partial charge in [0.25, 0.3) is 11.8 Å². The summed E-state index contributed by atoms with van der Waals surface area (Å²) in [6.45, 7) is 2.56. The zero-order valence-corrected chi connectivity index (χ0v) is 16.2. The Morgan fingerprint density at radius 3 is 2.64 bits per heavy atom. The van der Waals surface area contributed by atoms with Gasteiger partial charge in [-0.25, -0.2) is 0 Å². The largest absolute Gasteiger partial charge is 0.459 e. The number of nitrogens with zero attached hydrogens (tertiary/aromatic N) is 2.